The predicted molar refractivity (Wildman–Crippen MR) is 112 cm³/mol. The van der Waals surface area contributed by atoms with E-state index in [4.69, 9.17) is 4.74 Å². The van der Waals surface area contributed by atoms with Gasteiger partial charge in [-0.05, 0) is 12.8 Å². The van der Waals surface area contributed by atoms with Crippen LogP contribution in [0.25, 0.3) is 0 Å². The summed E-state index contributed by atoms with van der Waals surface area (Å²) in [5.74, 6) is -0.278. The van der Waals surface area contributed by atoms with Gasteiger partial charge in [-0.3, -0.25) is 4.79 Å². The smallest absolute Gasteiger partial charge is 0.409 e. The number of nitrogens with zero attached hydrogens (tertiary/aromatic N) is 3. The van der Waals surface area contributed by atoms with E-state index in [0.717, 1.165) is 25.7 Å². The molecule has 2 rings (SSSR count). The van der Waals surface area contributed by atoms with Crippen LogP contribution >= 0.6 is 0 Å². The lowest BCUT2D eigenvalue weighted by Gasteiger charge is -2.33. The van der Waals surface area contributed by atoms with Crippen molar-refractivity contribution in [2.45, 2.75) is 76.7 Å². The Balaban J connectivity index is 1.87. The van der Waals surface area contributed by atoms with E-state index in [-0.39, 0.29) is 23.6 Å². The fraction of sp³-hybridized carbons (Fsp3) is 0.773. The number of carbonyl (C=O) groups excluding carboxylic acids is 2. The van der Waals surface area contributed by atoms with Crippen molar-refractivity contribution >= 4 is 12.0 Å². The second-order valence-corrected chi connectivity index (χ2v) is 8.08. The van der Waals surface area contributed by atoms with Crippen molar-refractivity contribution in [3.63, 3.8) is 0 Å². The highest BCUT2D eigenvalue weighted by Crippen LogP contribution is 2.17. The third-order valence-corrected chi connectivity index (χ3v) is 5.86. The molecule has 2 amide bonds. The predicted octanol–water partition coefficient (Wildman–Crippen LogP) is 3.57. The number of nitriles is 1. The first-order valence-corrected chi connectivity index (χ1v) is 11.1. The second kappa shape index (κ2) is 13.1. The van der Waals surface area contributed by atoms with E-state index < -0.39 is 0 Å². The SMILES string of the molecule is COC(=O)N1CCN(/C=C(/C#N)C(=O)NC2CCCCCCCCCCC2)CC1. The molecule has 1 saturated heterocycles. The lowest BCUT2D eigenvalue weighted by molar-refractivity contribution is -0.118. The quantitative estimate of drug-likeness (QED) is 0.574. The van der Waals surface area contributed by atoms with Gasteiger partial charge >= 0.3 is 6.09 Å². The number of rotatable bonds is 3. The van der Waals surface area contributed by atoms with E-state index in [2.05, 4.69) is 11.4 Å². The summed E-state index contributed by atoms with van der Waals surface area (Å²) in [6.45, 7) is 2.20. The molecule has 1 heterocycles. The Morgan fingerprint density at radius 3 is 1.93 bits per heavy atom. The van der Waals surface area contributed by atoms with E-state index >= 15 is 0 Å². The van der Waals surface area contributed by atoms with E-state index in [1.807, 2.05) is 4.90 Å². The van der Waals surface area contributed by atoms with Gasteiger partial charge in [0.05, 0.1) is 7.11 Å². The Hall–Kier alpha value is -2.23. The first-order chi connectivity index (χ1) is 14.1. The standard InChI is InChI=1S/C22H36N4O3/c1-29-22(28)26-15-13-25(14-16-26)18-19(17-23)21(27)24-20-11-9-7-5-3-2-4-6-8-10-12-20/h18,20H,2-16H2,1H3,(H,24,27)/b19-18-. The van der Waals surface area contributed by atoms with Crippen molar-refractivity contribution in [1.29, 1.82) is 5.26 Å². The summed E-state index contributed by atoms with van der Waals surface area (Å²) in [6, 6.07) is 2.20. The van der Waals surface area contributed by atoms with Crippen LogP contribution in [-0.4, -0.2) is 61.1 Å². The molecule has 0 unspecified atom stereocenters. The number of hydrogen-bond acceptors (Lipinski definition) is 5. The highest BCUT2D eigenvalue weighted by molar-refractivity contribution is 5.97. The third-order valence-electron chi connectivity index (χ3n) is 5.86. The van der Waals surface area contributed by atoms with Crippen molar-refractivity contribution in [3.8, 4) is 6.07 Å². The molecule has 7 nitrogen and oxygen atoms in total. The van der Waals surface area contributed by atoms with Crippen LogP contribution in [0.15, 0.2) is 11.8 Å². The van der Waals surface area contributed by atoms with Gasteiger partial charge in [0.1, 0.15) is 11.6 Å². The average Bonchev–Trinajstić information content (AvgIpc) is 2.73. The van der Waals surface area contributed by atoms with Crippen molar-refractivity contribution in [3.05, 3.63) is 11.8 Å². The first-order valence-electron chi connectivity index (χ1n) is 11.1. The normalized spacial score (nSPS) is 20.8. The van der Waals surface area contributed by atoms with Gasteiger partial charge in [-0.1, -0.05) is 57.8 Å². The zero-order valence-corrected chi connectivity index (χ0v) is 17.8. The molecule has 1 aliphatic heterocycles. The van der Waals surface area contributed by atoms with Crippen LogP contribution in [-0.2, 0) is 9.53 Å². The van der Waals surface area contributed by atoms with Gasteiger partial charge in [0, 0.05) is 38.4 Å². The molecule has 1 aliphatic carbocycles. The third kappa shape index (κ3) is 8.35. The number of carbonyl (C=O) groups is 2. The largest absolute Gasteiger partial charge is 0.453 e. The van der Waals surface area contributed by atoms with Gasteiger partial charge in [0.2, 0.25) is 0 Å². The molecule has 0 aromatic carbocycles. The summed E-state index contributed by atoms with van der Waals surface area (Å²) >= 11 is 0. The van der Waals surface area contributed by atoms with Crippen LogP contribution in [0, 0.1) is 11.3 Å². The molecule has 2 aliphatic rings. The summed E-state index contributed by atoms with van der Waals surface area (Å²) in [5, 5.41) is 12.6. The van der Waals surface area contributed by atoms with E-state index in [1.165, 1.54) is 52.1 Å². The van der Waals surface area contributed by atoms with Crippen LogP contribution in [0.3, 0.4) is 0 Å². The maximum atomic E-state index is 12.7. The molecule has 0 aromatic heterocycles. The fourth-order valence-corrected chi connectivity index (χ4v) is 4.05. The molecule has 0 radical (unpaired) electrons. The fourth-order valence-electron chi connectivity index (χ4n) is 4.05. The molecular formula is C22H36N4O3. The van der Waals surface area contributed by atoms with Gasteiger partial charge in [-0.2, -0.15) is 5.26 Å². The first kappa shape index (κ1) is 23.1. The lowest BCUT2D eigenvalue weighted by Crippen LogP contribution is -2.47. The Bertz CT molecular complexity index is 579. The summed E-state index contributed by atoms with van der Waals surface area (Å²) < 4.78 is 4.74. The van der Waals surface area contributed by atoms with Crippen LogP contribution in [0.2, 0.25) is 0 Å². The zero-order valence-electron chi connectivity index (χ0n) is 17.8. The maximum absolute atomic E-state index is 12.7. The lowest BCUT2D eigenvalue weighted by atomic mass is 9.97. The molecule has 7 heteroatoms. The van der Waals surface area contributed by atoms with Gasteiger partial charge in [0.15, 0.2) is 0 Å². The summed E-state index contributed by atoms with van der Waals surface area (Å²) in [7, 11) is 1.37. The number of amides is 2. The molecule has 1 N–H and O–H groups in total. The van der Waals surface area contributed by atoms with E-state index in [9.17, 15) is 14.9 Å². The minimum absolute atomic E-state index is 0.141. The summed E-state index contributed by atoms with van der Waals surface area (Å²) in [5.41, 5.74) is 0.141. The number of hydrogen-bond donors (Lipinski definition) is 1. The highest BCUT2D eigenvalue weighted by atomic mass is 16.5. The molecule has 0 bridgehead atoms. The van der Waals surface area contributed by atoms with Crippen molar-refractivity contribution < 1.29 is 14.3 Å². The highest BCUT2D eigenvalue weighted by Gasteiger charge is 2.22. The molecular weight excluding hydrogens is 368 g/mol. The van der Waals surface area contributed by atoms with Crippen LogP contribution < -0.4 is 5.32 Å². The van der Waals surface area contributed by atoms with Crippen molar-refractivity contribution in [2.24, 2.45) is 0 Å². The maximum Gasteiger partial charge on any atom is 0.409 e. The van der Waals surface area contributed by atoms with Gasteiger partial charge in [-0.15, -0.1) is 0 Å². The summed E-state index contributed by atoms with van der Waals surface area (Å²) in [4.78, 5) is 27.8. The van der Waals surface area contributed by atoms with Crippen LogP contribution in [0.1, 0.15) is 70.6 Å². The van der Waals surface area contributed by atoms with Crippen LogP contribution in [0.4, 0.5) is 4.79 Å². The Labute approximate surface area is 175 Å². The second-order valence-electron chi connectivity index (χ2n) is 8.08. The summed E-state index contributed by atoms with van der Waals surface area (Å²) in [6.07, 6.45) is 14.5. The van der Waals surface area contributed by atoms with Gasteiger partial charge < -0.3 is 19.9 Å². The monoisotopic (exact) mass is 404 g/mol. The van der Waals surface area contributed by atoms with Crippen LogP contribution in [0.5, 0.6) is 0 Å². The van der Waals surface area contributed by atoms with Crippen molar-refractivity contribution in [2.75, 3.05) is 33.3 Å². The number of methoxy groups -OCH3 is 1. The van der Waals surface area contributed by atoms with Gasteiger partial charge in [0.25, 0.3) is 5.91 Å². The van der Waals surface area contributed by atoms with E-state index in [1.54, 1.807) is 11.1 Å². The number of ether oxygens (including phenoxy) is 1. The molecule has 2 fully saturated rings. The molecule has 0 aromatic rings. The Morgan fingerprint density at radius 1 is 0.931 bits per heavy atom. The topological polar surface area (TPSA) is 85.7 Å². The number of nitrogens with one attached hydrogen (secondary N) is 1. The minimum atomic E-state index is -0.339. The Kier molecular flexibility index (Phi) is 10.4. The van der Waals surface area contributed by atoms with Crippen molar-refractivity contribution in [1.82, 2.24) is 15.1 Å². The number of piperazine rings is 1. The van der Waals surface area contributed by atoms with Gasteiger partial charge in [-0.25, -0.2) is 4.79 Å². The molecule has 0 spiro atoms. The minimum Gasteiger partial charge on any atom is -0.453 e. The zero-order chi connectivity index (χ0) is 20.9. The molecule has 162 valence electrons. The molecule has 29 heavy (non-hydrogen) atoms. The molecule has 1 saturated carbocycles. The average molecular weight is 405 g/mol. The Morgan fingerprint density at radius 2 is 1.45 bits per heavy atom. The molecule has 0 atom stereocenters. The van der Waals surface area contributed by atoms with E-state index in [0.29, 0.717) is 26.2 Å².